The summed E-state index contributed by atoms with van der Waals surface area (Å²) < 4.78 is 0. The van der Waals surface area contributed by atoms with Crippen LogP contribution in [0.1, 0.15) is 19.3 Å². The molecule has 2 aliphatic heterocycles. The van der Waals surface area contributed by atoms with Gasteiger partial charge in [-0.25, -0.2) is 0 Å². The van der Waals surface area contributed by atoms with Crippen molar-refractivity contribution in [3.8, 4) is 0 Å². The van der Waals surface area contributed by atoms with E-state index < -0.39 is 0 Å². The highest BCUT2D eigenvalue weighted by Gasteiger charge is 2.15. The van der Waals surface area contributed by atoms with Gasteiger partial charge in [-0.1, -0.05) is 6.42 Å². The molecule has 0 aromatic rings. The van der Waals surface area contributed by atoms with Crippen molar-refractivity contribution in [3.63, 3.8) is 0 Å². The lowest BCUT2D eigenvalue weighted by Crippen LogP contribution is -2.43. The molecule has 0 saturated carbocycles. The van der Waals surface area contributed by atoms with E-state index in [1.54, 1.807) is 0 Å². The smallest absolute Gasteiger partial charge is 0.0263 e. The van der Waals surface area contributed by atoms with Crippen LogP contribution in [0.5, 0.6) is 0 Å². The van der Waals surface area contributed by atoms with Crippen molar-refractivity contribution in [2.24, 2.45) is 0 Å². The Hall–Kier alpha value is 0.620. The zero-order valence-electron chi connectivity index (χ0n) is 9.34. The minimum atomic E-state index is 0.736. The average Bonchev–Trinajstić information content (AvgIpc) is 2.32. The summed E-state index contributed by atoms with van der Waals surface area (Å²) in [5.74, 6) is 4.04. The maximum Gasteiger partial charge on any atom is 0.0263 e. The molecule has 0 bridgehead atoms. The van der Waals surface area contributed by atoms with E-state index in [0.717, 1.165) is 11.3 Å². The SMILES string of the molecule is C1CCC(CNCC2CSCCS2)NC1. The van der Waals surface area contributed by atoms with Gasteiger partial charge in [0.05, 0.1) is 0 Å². The third-order valence-electron chi connectivity index (χ3n) is 3.06. The molecule has 2 fully saturated rings. The van der Waals surface area contributed by atoms with E-state index in [1.165, 1.54) is 56.2 Å². The quantitative estimate of drug-likeness (QED) is 0.786. The second kappa shape index (κ2) is 7.05. The van der Waals surface area contributed by atoms with Crippen molar-refractivity contribution in [1.29, 1.82) is 0 Å². The molecule has 15 heavy (non-hydrogen) atoms. The highest BCUT2D eigenvalue weighted by molar-refractivity contribution is 8.06. The lowest BCUT2D eigenvalue weighted by Gasteiger charge is -2.26. The summed E-state index contributed by atoms with van der Waals surface area (Å²) in [6.45, 7) is 3.60. The molecule has 2 saturated heterocycles. The van der Waals surface area contributed by atoms with Crippen LogP contribution in [-0.2, 0) is 0 Å². The van der Waals surface area contributed by atoms with Crippen molar-refractivity contribution < 1.29 is 0 Å². The second-order valence-electron chi connectivity index (χ2n) is 4.37. The number of thioether (sulfide) groups is 2. The van der Waals surface area contributed by atoms with Crippen LogP contribution in [0.4, 0.5) is 0 Å². The fraction of sp³-hybridized carbons (Fsp3) is 1.00. The first-order chi connectivity index (χ1) is 7.45. The summed E-state index contributed by atoms with van der Waals surface area (Å²) in [7, 11) is 0. The van der Waals surface area contributed by atoms with Gasteiger partial charge in [-0.3, -0.25) is 0 Å². The van der Waals surface area contributed by atoms with Gasteiger partial charge in [0, 0.05) is 41.6 Å². The largest absolute Gasteiger partial charge is 0.314 e. The summed E-state index contributed by atoms with van der Waals surface area (Å²) in [5.41, 5.74) is 0. The van der Waals surface area contributed by atoms with Crippen LogP contribution in [-0.4, -0.2) is 48.2 Å². The minimum absolute atomic E-state index is 0.736. The van der Waals surface area contributed by atoms with E-state index >= 15 is 0 Å². The summed E-state index contributed by atoms with van der Waals surface area (Å²) in [4.78, 5) is 0. The molecule has 2 atom stereocenters. The van der Waals surface area contributed by atoms with E-state index in [0.29, 0.717) is 0 Å². The van der Waals surface area contributed by atoms with Crippen LogP contribution >= 0.6 is 23.5 Å². The summed E-state index contributed by atoms with van der Waals surface area (Å²) in [6.07, 6.45) is 4.14. The van der Waals surface area contributed by atoms with Gasteiger partial charge >= 0.3 is 0 Å². The zero-order valence-corrected chi connectivity index (χ0v) is 11.0. The van der Waals surface area contributed by atoms with Crippen molar-refractivity contribution in [2.75, 3.05) is 36.9 Å². The summed E-state index contributed by atoms with van der Waals surface area (Å²) in [6, 6.07) is 0.736. The number of hydrogen-bond donors (Lipinski definition) is 2. The number of nitrogens with one attached hydrogen (secondary N) is 2. The Morgan fingerprint density at radius 3 is 2.93 bits per heavy atom. The van der Waals surface area contributed by atoms with Crippen LogP contribution in [0, 0.1) is 0 Å². The molecule has 88 valence electrons. The molecule has 0 aromatic heterocycles. The molecule has 0 radical (unpaired) electrons. The van der Waals surface area contributed by atoms with Crippen molar-refractivity contribution in [1.82, 2.24) is 10.6 Å². The van der Waals surface area contributed by atoms with Gasteiger partial charge in [-0.05, 0) is 19.4 Å². The van der Waals surface area contributed by atoms with Gasteiger partial charge in [-0.15, -0.1) is 0 Å². The second-order valence-corrected chi connectivity index (χ2v) is 6.93. The van der Waals surface area contributed by atoms with E-state index in [2.05, 4.69) is 34.2 Å². The van der Waals surface area contributed by atoms with E-state index in [1.807, 2.05) is 0 Å². The first-order valence-electron chi connectivity index (χ1n) is 6.08. The Labute approximate surface area is 102 Å². The van der Waals surface area contributed by atoms with Gasteiger partial charge in [0.2, 0.25) is 0 Å². The highest BCUT2D eigenvalue weighted by Crippen LogP contribution is 2.23. The van der Waals surface area contributed by atoms with Crippen LogP contribution in [0.2, 0.25) is 0 Å². The molecule has 4 heteroatoms. The first-order valence-corrected chi connectivity index (χ1v) is 8.29. The molecule has 0 aliphatic carbocycles. The number of piperidine rings is 1. The molecular weight excluding hydrogens is 224 g/mol. The Bertz CT molecular complexity index is 148. The zero-order chi connectivity index (χ0) is 10.3. The topological polar surface area (TPSA) is 24.1 Å². The lowest BCUT2D eigenvalue weighted by atomic mass is 10.1. The fourth-order valence-electron chi connectivity index (χ4n) is 2.17. The van der Waals surface area contributed by atoms with Crippen molar-refractivity contribution >= 4 is 23.5 Å². The first kappa shape index (κ1) is 12.1. The third kappa shape index (κ3) is 4.55. The molecule has 2 rings (SSSR count). The van der Waals surface area contributed by atoms with E-state index in [9.17, 15) is 0 Å². The maximum absolute atomic E-state index is 3.63. The van der Waals surface area contributed by atoms with E-state index in [-0.39, 0.29) is 0 Å². The Balaban J connectivity index is 1.53. The Kier molecular flexibility index (Phi) is 5.68. The van der Waals surface area contributed by atoms with Crippen molar-refractivity contribution in [2.45, 2.75) is 30.6 Å². The lowest BCUT2D eigenvalue weighted by molar-refractivity contribution is 0.384. The molecule has 2 nitrogen and oxygen atoms in total. The predicted octanol–water partition coefficient (Wildman–Crippen LogP) is 1.57. The van der Waals surface area contributed by atoms with Crippen molar-refractivity contribution in [3.05, 3.63) is 0 Å². The van der Waals surface area contributed by atoms with Crippen LogP contribution in [0.25, 0.3) is 0 Å². The van der Waals surface area contributed by atoms with Gasteiger partial charge in [-0.2, -0.15) is 23.5 Å². The molecule has 2 aliphatic rings. The third-order valence-corrected chi connectivity index (χ3v) is 5.90. The minimum Gasteiger partial charge on any atom is -0.314 e. The number of hydrogen-bond acceptors (Lipinski definition) is 4. The summed E-state index contributed by atoms with van der Waals surface area (Å²) >= 11 is 4.26. The molecule has 2 heterocycles. The van der Waals surface area contributed by atoms with Crippen LogP contribution in [0.3, 0.4) is 0 Å². The van der Waals surface area contributed by atoms with Gasteiger partial charge in [0.1, 0.15) is 0 Å². The molecule has 0 aromatic carbocycles. The Morgan fingerprint density at radius 1 is 1.20 bits per heavy atom. The van der Waals surface area contributed by atoms with Crippen LogP contribution < -0.4 is 10.6 Å². The molecule has 2 N–H and O–H groups in total. The monoisotopic (exact) mass is 246 g/mol. The highest BCUT2D eigenvalue weighted by atomic mass is 32.2. The standard InChI is InChI=1S/C11H22N2S2/c1-2-4-13-10(3-1)7-12-8-11-9-14-5-6-15-11/h10-13H,1-9H2. The van der Waals surface area contributed by atoms with Gasteiger partial charge in [0.15, 0.2) is 0 Å². The van der Waals surface area contributed by atoms with Crippen LogP contribution in [0.15, 0.2) is 0 Å². The Morgan fingerprint density at radius 2 is 2.20 bits per heavy atom. The summed E-state index contributed by atoms with van der Waals surface area (Å²) in [5, 5.41) is 8.06. The molecular formula is C11H22N2S2. The molecule has 2 unspecified atom stereocenters. The predicted molar refractivity (Wildman–Crippen MR) is 72.1 cm³/mol. The van der Waals surface area contributed by atoms with E-state index in [4.69, 9.17) is 0 Å². The average molecular weight is 246 g/mol. The van der Waals surface area contributed by atoms with Gasteiger partial charge in [0.25, 0.3) is 0 Å². The maximum atomic E-state index is 3.63. The molecule has 0 amide bonds. The normalized spacial score (nSPS) is 32.8. The molecule has 0 spiro atoms. The van der Waals surface area contributed by atoms with Gasteiger partial charge < -0.3 is 10.6 Å². The number of rotatable bonds is 4. The fourth-order valence-corrected chi connectivity index (χ4v) is 4.82.